The summed E-state index contributed by atoms with van der Waals surface area (Å²) in [5.74, 6) is 1.04. The summed E-state index contributed by atoms with van der Waals surface area (Å²) in [6.07, 6.45) is 0. The highest BCUT2D eigenvalue weighted by molar-refractivity contribution is 5.98. The highest BCUT2D eigenvalue weighted by atomic mass is 16.5. The van der Waals surface area contributed by atoms with Gasteiger partial charge in [-0.15, -0.1) is 0 Å². The van der Waals surface area contributed by atoms with Gasteiger partial charge in [0.15, 0.2) is 11.5 Å². The van der Waals surface area contributed by atoms with Crippen LogP contribution in [0.5, 0.6) is 11.5 Å². The summed E-state index contributed by atoms with van der Waals surface area (Å²) in [6.45, 7) is 5.16. The molecule has 0 bridgehead atoms. The molecule has 0 aliphatic rings. The Hall–Kier alpha value is -3.12. The maximum Gasteiger partial charge on any atom is 0.340 e. The third kappa shape index (κ3) is 4.24. The van der Waals surface area contributed by atoms with Crippen molar-refractivity contribution < 1.29 is 19.0 Å². The molecule has 6 nitrogen and oxygen atoms in total. The summed E-state index contributed by atoms with van der Waals surface area (Å²) >= 11 is 0. The number of pyridine rings is 1. The van der Waals surface area contributed by atoms with Crippen molar-refractivity contribution >= 4 is 16.9 Å². The van der Waals surface area contributed by atoms with Crippen LogP contribution < -0.4 is 9.47 Å². The van der Waals surface area contributed by atoms with Crippen LogP contribution in [0, 0.1) is 13.8 Å². The number of fused-ring (bicyclic) bond motifs is 1. The molecular formula is C24H28N2O4. The van der Waals surface area contributed by atoms with E-state index in [1.807, 2.05) is 57.3 Å². The lowest BCUT2D eigenvalue weighted by molar-refractivity contribution is 0.0597. The van der Waals surface area contributed by atoms with Gasteiger partial charge in [-0.1, -0.05) is 18.2 Å². The number of esters is 1. The van der Waals surface area contributed by atoms with Gasteiger partial charge in [0.05, 0.1) is 38.1 Å². The van der Waals surface area contributed by atoms with E-state index >= 15 is 0 Å². The number of aromatic nitrogens is 1. The minimum absolute atomic E-state index is 0.364. The smallest absolute Gasteiger partial charge is 0.340 e. The third-order valence-electron chi connectivity index (χ3n) is 5.32. The Kier molecular flexibility index (Phi) is 6.57. The van der Waals surface area contributed by atoms with Gasteiger partial charge in [0, 0.05) is 18.5 Å². The number of hydrogen-bond donors (Lipinski definition) is 0. The monoisotopic (exact) mass is 408 g/mol. The van der Waals surface area contributed by atoms with Crippen molar-refractivity contribution in [3.05, 3.63) is 64.3 Å². The highest BCUT2D eigenvalue weighted by Crippen LogP contribution is 2.31. The normalized spacial score (nSPS) is 11.0. The van der Waals surface area contributed by atoms with Crippen LogP contribution >= 0.6 is 0 Å². The van der Waals surface area contributed by atoms with Gasteiger partial charge >= 0.3 is 5.97 Å². The molecule has 3 rings (SSSR count). The second-order valence-corrected chi connectivity index (χ2v) is 7.37. The Morgan fingerprint density at radius 3 is 2.33 bits per heavy atom. The van der Waals surface area contributed by atoms with Gasteiger partial charge in [-0.2, -0.15) is 0 Å². The lowest BCUT2D eigenvalue weighted by atomic mass is 10.0. The fourth-order valence-corrected chi connectivity index (χ4v) is 3.72. The molecule has 0 fully saturated rings. The predicted octanol–water partition coefficient (Wildman–Crippen LogP) is 4.29. The number of nitrogens with zero attached hydrogens (tertiary/aromatic N) is 2. The van der Waals surface area contributed by atoms with Crippen LogP contribution in [0.3, 0.4) is 0 Å². The fourth-order valence-electron chi connectivity index (χ4n) is 3.72. The van der Waals surface area contributed by atoms with Crippen molar-refractivity contribution in [1.82, 2.24) is 9.88 Å². The second-order valence-electron chi connectivity index (χ2n) is 7.37. The summed E-state index contributed by atoms with van der Waals surface area (Å²) < 4.78 is 15.9. The molecule has 3 aromatic rings. The van der Waals surface area contributed by atoms with E-state index in [0.717, 1.165) is 27.6 Å². The summed E-state index contributed by atoms with van der Waals surface area (Å²) in [7, 11) is 6.66. The third-order valence-corrected chi connectivity index (χ3v) is 5.32. The molecule has 0 radical (unpaired) electrons. The van der Waals surface area contributed by atoms with Gasteiger partial charge in [0.1, 0.15) is 0 Å². The van der Waals surface area contributed by atoms with Crippen LogP contribution in [-0.2, 0) is 17.8 Å². The minimum atomic E-state index is -0.364. The molecular weight excluding hydrogens is 380 g/mol. The zero-order chi connectivity index (χ0) is 21.8. The van der Waals surface area contributed by atoms with Crippen molar-refractivity contribution in [2.75, 3.05) is 28.4 Å². The molecule has 0 aliphatic heterocycles. The number of carbonyl (C=O) groups excluding carboxylic acids is 1. The first-order chi connectivity index (χ1) is 14.4. The molecule has 0 unspecified atom stereocenters. The number of aryl methyl sites for hydroxylation is 2. The van der Waals surface area contributed by atoms with E-state index in [0.29, 0.717) is 35.8 Å². The minimum Gasteiger partial charge on any atom is -0.493 e. The van der Waals surface area contributed by atoms with Crippen molar-refractivity contribution in [3.8, 4) is 11.5 Å². The van der Waals surface area contributed by atoms with E-state index < -0.39 is 0 Å². The molecule has 0 saturated heterocycles. The molecule has 0 atom stereocenters. The Bertz CT molecular complexity index is 1080. The summed E-state index contributed by atoms with van der Waals surface area (Å²) in [6, 6.07) is 11.8. The van der Waals surface area contributed by atoms with E-state index in [2.05, 4.69) is 4.90 Å². The van der Waals surface area contributed by atoms with Crippen molar-refractivity contribution in [1.29, 1.82) is 0 Å². The van der Waals surface area contributed by atoms with Gasteiger partial charge < -0.3 is 14.2 Å². The lowest BCUT2D eigenvalue weighted by Crippen LogP contribution is -2.22. The van der Waals surface area contributed by atoms with E-state index in [1.165, 1.54) is 7.11 Å². The summed E-state index contributed by atoms with van der Waals surface area (Å²) in [5.41, 5.74) is 5.22. The molecule has 2 aromatic carbocycles. The first-order valence-corrected chi connectivity index (χ1v) is 9.76. The number of methoxy groups -OCH3 is 3. The first-order valence-electron chi connectivity index (χ1n) is 9.76. The molecule has 6 heteroatoms. The van der Waals surface area contributed by atoms with Gasteiger partial charge in [0.25, 0.3) is 0 Å². The van der Waals surface area contributed by atoms with Gasteiger partial charge in [-0.3, -0.25) is 9.88 Å². The molecule has 1 heterocycles. The topological polar surface area (TPSA) is 60.9 Å². The Balaban J connectivity index is 1.95. The Morgan fingerprint density at radius 2 is 1.67 bits per heavy atom. The first kappa shape index (κ1) is 21.6. The van der Waals surface area contributed by atoms with Gasteiger partial charge in [0.2, 0.25) is 0 Å². The molecule has 0 N–H and O–H groups in total. The number of carbonyl (C=O) groups is 1. The van der Waals surface area contributed by atoms with Crippen LogP contribution in [0.2, 0.25) is 0 Å². The average Bonchev–Trinajstić information content (AvgIpc) is 2.74. The number of rotatable bonds is 7. The van der Waals surface area contributed by atoms with E-state index in [-0.39, 0.29) is 5.97 Å². The standard InChI is InChI=1S/C24H28N2O4/c1-15-11-21(28-4)22(29-5)12-17(15)13-26(3)14-20-23(24(27)30-6)16(2)18-9-7-8-10-19(18)25-20/h7-12H,13-14H2,1-6H3. The molecule has 0 amide bonds. The van der Waals surface area contributed by atoms with Crippen molar-refractivity contribution in [3.63, 3.8) is 0 Å². The van der Waals surface area contributed by atoms with Crippen LogP contribution in [-0.4, -0.2) is 44.2 Å². The fraction of sp³-hybridized carbons (Fsp3) is 0.333. The second kappa shape index (κ2) is 9.13. The Labute approximate surface area is 177 Å². The van der Waals surface area contributed by atoms with Gasteiger partial charge in [-0.25, -0.2) is 4.79 Å². The summed E-state index contributed by atoms with van der Waals surface area (Å²) in [5, 5.41) is 0.958. The summed E-state index contributed by atoms with van der Waals surface area (Å²) in [4.78, 5) is 19.4. The highest BCUT2D eigenvalue weighted by Gasteiger charge is 2.21. The van der Waals surface area contributed by atoms with Crippen LogP contribution in [0.25, 0.3) is 10.9 Å². The van der Waals surface area contributed by atoms with Crippen LogP contribution in [0.4, 0.5) is 0 Å². The number of para-hydroxylation sites is 1. The molecule has 158 valence electrons. The molecule has 0 spiro atoms. The number of ether oxygens (including phenoxy) is 3. The zero-order valence-electron chi connectivity index (χ0n) is 18.4. The average molecular weight is 408 g/mol. The SMILES string of the molecule is COC(=O)c1c(CN(C)Cc2cc(OC)c(OC)cc2C)nc2ccccc2c1C. The molecule has 1 aromatic heterocycles. The largest absolute Gasteiger partial charge is 0.493 e. The number of benzene rings is 2. The quantitative estimate of drug-likeness (QED) is 0.544. The van der Waals surface area contributed by atoms with Crippen LogP contribution in [0.1, 0.15) is 32.7 Å². The molecule has 0 saturated carbocycles. The zero-order valence-corrected chi connectivity index (χ0v) is 18.4. The molecule has 0 aliphatic carbocycles. The van der Waals surface area contributed by atoms with E-state index in [4.69, 9.17) is 19.2 Å². The van der Waals surface area contributed by atoms with Crippen molar-refractivity contribution in [2.45, 2.75) is 26.9 Å². The number of hydrogen-bond acceptors (Lipinski definition) is 6. The van der Waals surface area contributed by atoms with E-state index in [9.17, 15) is 4.79 Å². The Morgan fingerprint density at radius 1 is 1.00 bits per heavy atom. The lowest BCUT2D eigenvalue weighted by Gasteiger charge is -2.21. The predicted molar refractivity (Wildman–Crippen MR) is 117 cm³/mol. The van der Waals surface area contributed by atoms with Gasteiger partial charge in [-0.05, 0) is 55.8 Å². The van der Waals surface area contributed by atoms with Crippen molar-refractivity contribution in [2.24, 2.45) is 0 Å². The molecule has 30 heavy (non-hydrogen) atoms. The maximum absolute atomic E-state index is 12.5. The maximum atomic E-state index is 12.5. The van der Waals surface area contributed by atoms with E-state index in [1.54, 1.807) is 14.2 Å². The van der Waals surface area contributed by atoms with Crippen LogP contribution in [0.15, 0.2) is 36.4 Å².